The summed E-state index contributed by atoms with van der Waals surface area (Å²) in [6.45, 7) is 1.51. The second kappa shape index (κ2) is 6.66. The van der Waals surface area contributed by atoms with Crippen molar-refractivity contribution in [3.8, 4) is 0 Å². The number of carboxylic acids is 1. The molecule has 2 rings (SSSR count). The number of rotatable bonds is 5. The van der Waals surface area contributed by atoms with E-state index in [0.29, 0.717) is 18.5 Å². The Balaban J connectivity index is 1.99. The fourth-order valence-corrected chi connectivity index (χ4v) is 2.73. The van der Waals surface area contributed by atoms with Crippen LogP contribution in [0.5, 0.6) is 0 Å². The van der Waals surface area contributed by atoms with Crippen molar-refractivity contribution < 1.29 is 14.3 Å². The zero-order chi connectivity index (χ0) is 13.7. The van der Waals surface area contributed by atoms with Gasteiger partial charge in [-0.1, -0.05) is 24.6 Å². The Labute approximate surface area is 113 Å². The molecule has 3 nitrogen and oxygen atoms in total. The normalized spacial score (nSPS) is 20.4. The van der Waals surface area contributed by atoms with Gasteiger partial charge in [-0.3, -0.25) is 9.69 Å². The molecule has 1 aromatic rings. The summed E-state index contributed by atoms with van der Waals surface area (Å²) in [6.07, 6.45) is 4.11. The Morgan fingerprint density at radius 3 is 2.89 bits per heavy atom. The Morgan fingerprint density at radius 1 is 1.37 bits per heavy atom. The van der Waals surface area contributed by atoms with Crippen molar-refractivity contribution in [1.29, 1.82) is 0 Å². The predicted octanol–water partition coefficient (Wildman–Crippen LogP) is 3.05. The van der Waals surface area contributed by atoms with Gasteiger partial charge in [0.05, 0.1) is 0 Å². The average Bonchev–Trinajstić information content (AvgIpc) is 2.40. The highest BCUT2D eigenvalue weighted by Crippen LogP contribution is 2.23. The number of likely N-dealkylation sites (tertiary alicyclic amines) is 1. The molecule has 0 amide bonds. The van der Waals surface area contributed by atoms with Crippen LogP contribution in [0.1, 0.15) is 37.7 Å². The fraction of sp³-hybridized carbons (Fsp3) is 0.533. The minimum atomic E-state index is -0.753. The minimum absolute atomic E-state index is 0.176. The van der Waals surface area contributed by atoms with Crippen LogP contribution >= 0.6 is 0 Å². The van der Waals surface area contributed by atoms with Crippen LogP contribution in [-0.2, 0) is 11.3 Å². The first-order chi connectivity index (χ1) is 9.16. The molecule has 0 radical (unpaired) electrons. The van der Waals surface area contributed by atoms with Gasteiger partial charge >= 0.3 is 5.97 Å². The Morgan fingerprint density at radius 2 is 2.16 bits per heavy atom. The van der Waals surface area contributed by atoms with Gasteiger partial charge in [-0.05, 0) is 31.9 Å². The number of aliphatic carboxylic acids is 1. The molecule has 1 heterocycles. The summed E-state index contributed by atoms with van der Waals surface area (Å²) in [4.78, 5) is 12.9. The van der Waals surface area contributed by atoms with Crippen molar-refractivity contribution in [2.45, 2.75) is 44.7 Å². The lowest BCUT2D eigenvalue weighted by atomic mass is 9.97. The van der Waals surface area contributed by atoms with Gasteiger partial charge in [-0.2, -0.15) is 0 Å². The van der Waals surface area contributed by atoms with Gasteiger partial charge in [0.1, 0.15) is 5.82 Å². The molecule has 1 unspecified atom stereocenters. The molecule has 1 saturated heterocycles. The van der Waals surface area contributed by atoms with Crippen LogP contribution in [0.2, 0.25) is 0 Å². The number of nitrogens with zero attached hydrogens (tertiary/aromatic N) is 1. The fourth-order valence-electron chi connectivity index (χ4n) is 2.73. The largest absolute Gasteiger partial charge is 0.481 e. The molecule has 1 aliphatic rings. The lowest BCUT2D eigenvalue weighted by Gasteiger charge is -2.35. The van der Waals surface area contributed by atoms with Crippen molar-refractivity contribution in [2.75, 3.05) is 6.54 Å². The first-order valence-corrected chi connectivity index (χ1v) is 6.86. The molecular weight excluding hydrogens is 245 g/mol. The van der Waals surface area contributed by atoms with E-state index in [9.17, 15) is 9.18 Å². The summed E-state index contributed by atoms with van der Waals surface area (Å²) >= 11 is 0. The predicted molar refractivity (Wildman–Crippen MR) is 71.3 cm³/mol. The molecule has 0 saturated carbocycles. The van der Waals surface area contributed by atoms with Crippen LogP contribution in [0.3, 0.4) is 0 Å². The van der Waals surface area contributed by atoms with Gasteiger partial charge in [0.2, 0.25) is 0 Å². The van der Waals surface area contributed by atoms with Crippen LogP contribution in [-0.4, -0.2) is 28.6 Å². The first-order valence-electron chi connectivity index (χ1n) is 6.86. The van der Waals surface area contributed by atoms with E-state index in [-0.39, 0.29) is 18.3 Å². The second-order valence-electron chi connectivity index (χ2n) is 5.14. The summed E-state index contributed by atoms with van der Waals surface area (Å²) in [5.74, 6) is -0.929. The van der Waals surface area contributed by atoms with E-state index in [2.05, 4.69) is 4.90 Å². The Kier molecular flexibility index (Phi) is 4.91. The average molecular weight is 265 g/mol. The van der Waals surface area contributed by atoms with Gasteiger partial charge < -0.3 is 5.11 Å². The maximum atomic E-state index is 13.7. The maximum Gasteiger partial charge on any atom is 0.303 e. The summed E-state index contributed by atoms with van der Waals surface area (Å²) in [5.41, 5.74) is 0.699. The third-order valence-electron chi connectivity index (χ3n) is 3.77. The van der Waals surface area contributed by atoms with E-state index in [1.807, 2.05) is 6.07 Å². The van der Waals surface area contributed by atoms with Gasteiger partial charge in [0.15, 0.2) is 0 Å². The molecule has 1 fully saturated rings. The Bertz CT molecular complexity index is 436. The van der Waals surface area contributed by atoms with Gasteiger partial charge in [0.25, 0.3) is 0 Å². The van der Waals surface area contributed by atoms with Crippen LogP contribution in [0.25, 0.3) is 0 Å². The molecule has 1 aromatic carbocycles. The van der Waals surface area contributed by atoms with Crippen LogP contribution in [0, 0.1) is 5.82 Å². The zero-order valence-electron chi connectivity index (χ0n) is 11.0. The maximum absolute atomic E-state index is 13.7. The number of benzene rings is 1. The first kappa shape index (κ1) is 14.0. The molecule has 104 valence electrons. The van der Waals surface area contributed by atoms with Crippen molar-refractivity contribution in [3.05, 3.63) is 35.6 Å². The number of hydrogen-bond donors (Lipinski definition) is 1. The molecule has 1 atom stereocenters. The summed E-state index contributed by atoms with van der Waals surface area (Å²) < 4.78 is 13.7. The highest BCUT2D eigenvalue weighted by atomic mass is 19.1. The summed E-state index contributed by atoms with van der Waals surface area (Å²) in [5, 5.41) is 8.79. The lowest BCUT2D eigenvalue weighted by Crippen LogP contribution is -2.39. The lowest BCUT2D eigenvalue weighted by molar-refractivity contribution is -0.137. The standard InChI is InChI=1S/C15H20FNO2/c16-14-7-2-1-5-12(14)11-17-10-4-3-6-13(17)8-9-15(18)19/h1-2,5,7,13H,3-4,6,8-11H2,(H,18,19). The third-order valence-corrected chi connectivity index (χ3v) is 3.77. The van der Waals surface area contributed by atoms with Crippen LogP contribution in [0.15, 0.2) is 24.3 Å². The summed E-state index contributed by atoms with van der Waals surface area (Å²) in [6, 6.07) is 7.08. The van der Waals surface area contributed by atoms with Crippen molar-refractivity contribution in [3.63, 3.8) is 0 Å². The monoisotopic (exact) mass is 265 g/mol. The molecule has 0 aromatic heterocycles. The van der Waals surface area contributed by atoms with Crippen molar-refractivity contribution >= 4 is 5.97 Å². The smallest absolute Gasteiger partial charge is 0.303 e. The van der Waals surface area contributed by atoms with E-state index in [4.69, 9.17) is 5.11 Å². The van der Waals surface area contributed by atoms with Gasteiger partial charge in [0, 0.05) is 24.6 Å². The second-order valence-corrected chi connectivity index (χ2v) is 5.14. The molecule has 4 heteroatoms. The SMILES string of the molecule is O=C(O)CCC1CCCCN1Cc1ccccc1F. The molecular formula is C15H20FNO2. The topological polar surface area (TPSA) is 40.5 Å². The molecule has 0 aliphatic carbocycles. The molecule has 0 spiro atoms. The van der Waals surface area contributed by atoms with E-state index in [0.717, 1.165) is 25.8 Å². The van der Waals surface area contributed by atoms with Crippen LogP contribution in [0.4, 0.5) is 4.39 Å². The zero-order valence-corrected chi connectivity index (χ0v) is 11.0. The summed E-state index contributed by atoms with van der Waals surface area (Å²) in [7, 11) is 0. The van der Waals surface area contributed by atoms with Crippen LogP contribution < -0.4 is 0 Å². The molecule has 1 aliphatic heterocycles. The number of piperidine rings is 1. The Hall–Kier alpha value is -1.42. The number of carbonyl (C=O) groups is 1. The molecule has 0 bridgehead atoms. The quantitative estimate of drug-likeness (QED) is 0.889. The van der Waals surface area contributed by atoms with Gasteiger partial charge in [-0.15, -0.1) is 0 Å². The van der Waals surface area contributed by atoms with E-state index >= 15 is 0 Å². The third kappa shape index (κ3) is 4.03. The highest BCUT2D eigenvalue weighted by molar-refractivity contribution is 5.66. The van der Waals surface area contributed by atoms with Gasteiger partial charge in [-0.25, -0.2) is 4.39 Å². The number of carboxylic acid groups (broad SMARTS) is 1. The molecule has 1 N–H and O–H groups in total. The number of hydrogen-bond acceptors (Lipinski definition) is 2. The highest BCUT2D eigenvalue weighted by Gasteiger charge is 2.23. The van der Waals surface area contributed by atoms with E-state index in [1.165, 1.54) is 6.07 Å². The van der Waals surface area contributed by atoms with E-state index < -0.39 is 5.97 Å². The molecule has 19 heavy (non-hydrogen) atoms. The van der Waals surface area contributed by atoms with Crippen molar-refractivity contribution in [2.24, 2.45) is 0 Å². The number of halogens is 1. The van der Waals surface area contributed by atoms with Crippen molar-refractivity contribution in [1.82, 2.24) is 4.90 Å². The van der Waals surface area contributed by atoms with E-state index in [1.54, 1.807) is 12.1 Å². The minimum Gasteiger partial charge on any atom is -0.481 e.